The summed E-state index contributed by atoms with van der Waals surface area (Å²) >= 11 is 0. The van der Waals surface area contributed by atoms with Crippen molar-refractivity contribution in [1.29, 1.82) is 0 Å². The molecule has 0 heterocycles. The predicted octanol–water partition coefficient (Wildman–Crippen LogP) is 14.1. The molecule has 0 saturated heterocycles. The summed E-state index contributed by atoms with van der Waals surface area (Å²) in [5.41, 5.74) is 12.3. The molecule has 1 aliphatic carbocycles. The molecule has 0 nitrogen and oxygen atoms in total. The van der Waals surface area contributed by atoms with E-state index >= 15 is 0 Å². The zero-order valence-electron chi connectivity index (χ0n) is 27.3. The van der Waals surface area contributed by atoms with Crippen molar-refractivity contribution in [1.82, 2.24) is 0 Å². The highest BCUT2D eigenvalue weighted by molar-refractivity contribution is 5.99. The van der Waals surface area contributed by atoms with E-state index < -0.39 is 0 Å². The summed E-state index contributed by atoms with van der Waals surface area (Å²) in [6.45, 7) is 0. The van der Waals surface area contributed by atoms with Crippen LogP contribution in [0.5, 0.6) is 0 Å². The van der Waals surface area contributed by atoms with Crippen LogP contribution in [0.3, 0.4) is 0 Å². The molecule has 0 unspecified atom stereocenters. The van der Waals surface area contributed by atoms with Gasteiger partial charge in [0.25, 0.3) is 0 Å². The largest absolute Gasteiger partial charge is 0.0538 e. The third kappa shape index (κ3) is 4.46. The Labute approximate surface area is 290 Å². The van der Waals surface area contributed by atoms with Gasteiger partial charge in [0.15, 0.2) is 0 Å². The zero-order valence-corrected chi connectivity index (χ0v) is 27.3. The molecule has 0 aromatic heterocycles. The topological polar surface area (TPSA) is 0 Å². The molecule has 0 saturated carbocycles. The lowest BCUT2D eigenvalue weighted by Crippen LogP contribution is -1.84. The summed E-state index contributed by atoms with van der Waals surface area (Å²) in [6.07, 6.45) is 0. The van der Waals surface area contributed by atoms with Crippen molar-refractivity contribution in [3.05, 3.63) is 182 Å². The van der Waals surface area contributed by atoms with Gasteiger partial charge >= 0.3 is 0 Å². The van der Waals surface area contributed by atoms with Crippen LogP contribution in [0.4, 0.5) is 0 Å². The van der Waals surface area contributed by atoms with Crippen molar-refractivity contribution in [3.8, 4) is 55.6 Å². The lowest BCUT2D eigenvalue weighted by Gasteiger charge is -2.10. The molecule has 50 heavy (non-hydrogen) atoms. The second-order valence-electron chi connectivity index (χ2n) is 13.9. The Hall–Kier alpha value is -6.50. The standard InChI is InChI=1S/C50H30/c1-11-36-21-46-22-38(12-2-31(1)46)39-14-4-33-6-17-42(26-48(33)24-39)43-18-8-35-10-20-45(30-50(35)28-43)44-19-9-34-7-16-41(27-49(34)29-44)40-15-5-32-3-13-37(36)23-47(32)25-40/h1-30H. The molecule has 11 rings (SSSR count). The summed E-state index contributed by atoms with van der Waals surface area (Å²) in [5.74, 6) is 0. The highest BCUT2D eigenvalue weighted by atomic mass is 14.1. The normalized spacial score (nSPS) is 12.0. The fraction of sp³-hybridized carbons (Fsp3) is 0. The van der Waals surface area contributed by atoms with E-state index in [1.165, 1.54) is 109 Å². The Morgan fingerprint density at radius 1 is 0.120 bits per heavy atom. The lowest BCUT2D eigenvalue weighted by molar-refractivity contribution is 1.64. The SMILES string of the molecule is c1cc2ccc3cc2cc1-c1ccc2ccc(cc2c1)-c1ccc2ccc(cc2c1)-c1ccc2ccc(cc2c1)-c1ccc2ccc-3cc2c1. The minimum Gasteiger partial charge on any atom is -0.0538 e. The fourth-order valence-corrected chi connectivity index (χ4v) is 8.03. The predicted molar refractivity (Wildman–Crippen MR) is 215 cm³/mol. The van der Waals surface area contributed by atoms with Gasteiger partial charge in [-0.15, -0.1) is 0 Å². The molecule has 10 aromatic rings. The van der Waals surface area contributed by atoms with Gasteiger partial charge in [0.1, 0.15) is 0 Å². The van der Waals surface area contributed by atoms with E-state index in [1.807, 2.05) is 0 Å². The van der Waals surface area contributed by atoms with Gasteiger partial charge in [-0.05, 0) is 170 Å². The maximum absolute atomic E-state index is 2.34. The van der Waals surface area contributed by atoms with Crippen molar-refractivity contribution in [2.75, 3.05) is 0 Å². The van der Waals surface area contributed by atoms with Crippen LogP contribution in [0.25, 0.3) is 109 Å². The first-order valence-electron chi connectivity index (χ1n) is 17.4. The molecule has 0 spiro atoms. The molecule has 0 radical (unpaired) electrons. The summed E-state index contributed by atoms with van der Waals surface area (Å²) < 4.78 is 0. The van der Waals surface area contributed by atoms with Crippen LogP contribution in [-0.2, 0) is 0 Å². The molecule has 0 heteroatoms. The molecule has 0 N–H and O–H groups in total. The Morgan fingerprint density at radius 2 is 0.240 bits per heavy atom. The van der Waals surface area contributed by atoms with Crippen molar-refractivity contribution >= 4 is 53.9 Å². The maximum Gasteiger partial charge on any atom is -0.0172 e. The molecule has 15 bridgehead atoms. The molecular weight excluding hydrogens is 601 g/mol. The van der Waals surface area contributed by atoms with Gasteiger partial charge < -0.3 is 0 Å². The first kappa shape index (κ1) is 27.5. The van der Waals surface area contributed by atoms with E-state index in [9.17, 15) is 0 Å². The lowest BCUT2D eigenvalue weighted by atomic mass is 9.94. The molecule has 1 aliphatic rings. The molecule has 0 amide bonds. The fourth-order valence-electron chi connectivity index (χ4n) is 8.03. The Bertz CT molecular complexity index is 2370. The maximum atomic E-state index is 2.34. The number of rotatable bonds is 0. The minimum absolute atomic E-state index is 1.23. The van der Waals surface area contributed by atoms with E-state index in [-0.39, 0.29) is 0 Å². The van der Waals surface area contributed by atoms with Crippen LogP contribution >= 0.6 is 0 Å². The summed E-state index contributed by atoms with van der Waals surface area (Å²) in [4.78, 5) is 0. The van der Waals surface area contributed by atoms with Crippen LogP contribution < -0.4 is 0 Å². The summed E-state index contributed by atoms with van der Waals surface area (Å²) in [6, 6.07) is 68.5. The minimum atomic E-state index is 1.23. The summed E-state index contributed by atoms with van der Waals surface area (Å²) in [5, 5.41) is 12.5. The smallest absolute Gasteiger partial charge is 0.0172 e. The molecule has 0 fully saturated rings. The number of hydrogen-bond donors (Lipinski definition) is 0. The first-order valence-corrected chi connectivity index (χ1v) is 17.4. The van der Waals surface area contributed by atoms with E-state index in [0.29, 0.717) is 0 Å². The first-order chi connectivity index (χ1) is 24.7. The molecule has 230 valence electrons. The quantitative estimate of drug-likeness (QED) is 0.156. The molecule has 0 atom stereocenters. The third-order valence-electron chi connectivity index (χ3n) is 10.9. The van der Waals surface area contributed by atoms with E-state index in [4.69, 9.17) is 0 Å². The van der Waals surface area contributed by atoms with Crippen molar-refractivity contribution in [2.24, 2.45) is 0 Å². The van der Waals surface area contributed by atoms with Crippen LogP contribution in [0.1, 0.15) is 0 Å². The van der Waals surface area contributed by atoms with Gasteiger partial charge in [0, 0.05) is 0 Å². The number of fused-ring (bicyclic) bond motifs is 15. The molecular formula is C50H30. The van der Waals surface area contributed by atoms with Gasteiger partial charge in [-0.3, -0.25) is 0 Å². The van der Waals surface area contributed by atoms with Crippen molar-refractivity contribution < 1.29 is 0 Å². The van der Waals surface area contributed by atoms with Crippen LogP contribution in [-0.4, -0.2) is 0 Å². The Morgan fingerprint density at radius 3 is 0.360 bits per heavy atom. The zero-order chi connectivity index (χ0) is 32.8. The highest BCUT2D eigenvalue weighted by Gasteiger charge is 2.10. The van der Waals surface area contributed by atoms with E-state index in [1.54, 1.807) is 0 Å². The van der Waals surface area contributed by atoms with Gasteiger partial charge in [0.05, 0.1) is 0 Å². The van der Waals surface area contributed by atoms with Gasteiger partial charge in [-0.25, -0.2) is 0 Å². The average molecular weight is 631 g/mol. The van der Waals surface area contributed by atoms with Gasteiger partial charge in [-0.1, -0.05) is 121 Å². The molecule has 10 aromatic carbocycles. The Kier molecular flexibility index (Phi) is 5.76. The van der Waals surface area contributed by atoms with Crippen LogP contribution in [0.2, 0.25) is 0 Å². The van der Waals surface area contributed by atoms with Crippen LogP contribution in [0.15, 0.2) is 182 Å². The second-order valence-corrected chi connectivity index (χ2v) is 13.9. The molecule has 0 aliphatic heterocycles. The van der Waals surface area contributed by atoms with Crippen molar-refractivity contribution in [2.45, 2.75) is 0 Å². The highest BCUT2D eigenvalue weighted by Crippen LogP contribution is 2.36. The van der Waals surface area contributed by atoms with E-state index in [2.05, 4.69) is 182 Å². The van der Waals surface area contributed by atoms with Crippen molar-refractivity contribution in [3.63, 3.8) is 0 Å². The Balaban J connectivity index is 1.16. The summed E-state index contributed by atoms with van der Waals surface area (Å²) in [7, 11) is 0. The van der Waals surface area contributed by atoms with Crippen LogP contribution in [0, 0.1) is 0 Å². The number of hydrogen-bond acceptors (Lipinski definition) is 0. The van der Waals surface area contributed by atoms with Gasteiger partial charge in [-0.2, -0.15) is 0 Å². The monoisotopic (exact) mass is 630 g/mol. The van der Waals surface area contributed by atoms with Gasteiger partial charge in [0.2, 0.25) is 0 Å². The van der Waals surface area contributed by atoms with E-state index in [0.717, 1.165) is 0 Å². The second kappa shape index (κ2) is 10.5. The number of benzene rings is 10. The average Bonchev–Trinajstić information content (AvgIpc) is 3.18. The third-order valence-corrected chi connectivity index (χ3v) is 10.9.